The molecule has 0 aliphatic heterocycles. The lowest BCUT2D eigenvalue weighted by atomic mass is 9.85. The molecular formula is C13H24N4. The molecular weight excluding hydrogens is 212 g/mol. The van der Waals surface area contributed by atoms with Gasteiger partial charge in [0.05, 0.1) is 6.54 Å². The van der Waals surface area contributed by atoms with Crippen LogP contribution in [0.2, 0.25) is 0 Å². The maximum atomic E-state index is 4.33. The fraction of sp³-hybridized carbons (Fsp3) is 0.846. The van der Waals surface area contributed by atoms with Crippen molar-refractivity contribution < 1.29 is 0 Å². The van der Waals surface area contributed by atoms with Crippen LogP contribution in [0.5, 0.6) is 0 Å². The molecule has 1 aliphatic rings. The van der Waals surface area contributed by atoms with Crippen molar-refractivity contribution in [3.63, 3.8) is 0 Å². The third-order valence-electron chi connectivity index (χ3n) is 4.09. The Morgan fingerprint density at radius 3 is 2.76 bits per heavy atom. The zero-order chi connectivity index (χ0) is 12.3. The van der Waals surface area contributed by atoms with Crippen LogP contribution in [0.1, 0.15) is 45.4 Å². The molecule has 0 aromatic carbocycles. The van der Waals surface area contributed by atoms with Crippen LogP contribution in [0, 0.1) is 5.92 Å². The van der Waals surface area contributed by atoms with Crippen molar-refractivity contribution in [2.45, 2.75) is 52.1 Å². The normalized spacial score (nSPS) is 25.4. The summed E-state index contributed by atoms with van der Waals surface area (Å²) in [5, 5.41) is 4.15. The standard InChI is InChI=1S/C13H24N4/c1-4-17(9-13-14-10-15-16(13)3)12-8-6-5-7-11(12)2/h10-12H,4-9H2,1-3H3/t11-,12-/m0/s1. The molecule has 1 heterocycles. The first-order chi connectivity index (χ1) is 8.22. The first kappa shape index (κ1) is 12.6. The second-order valence-electron chi connectivity index (χ2n) is 5.19. The van der Waals surface area contributed by atoms with Gasteiger partial charge in [0.15, 0.2) is 0 Å². The van der Waals surface area contributed by atoms with Gasteiger partial charge in [-0.1, -0.05) is 26.7 Å². The zero-order valence-electron chi connectivity index (χ0n) is 11.3. The van der Waals surface area contributed by atoms with E-state index in [0.29, 0.717) is 0 Å². The maximum Gasteiger partial charge on any atom is 0.140 e. The summed E-state index contributed by atoms with van der Waals surface area (Å²) in [6.07, 6.45) is 7.14. The summed E-state index contributed by atoms with van der Waals surface area (Å²) >= 11 is 0. The molecule has 17 heavy (non-hydrogen) atoms. The monoisotopic (exact) mass is 236 g/mol. The molecule has 2 atom stereocenters. The highest BCUT2D eigenvalue weighted by molar-refractivity contribution is 4.88. The van der Waals surface area contributed by atoms with E-state index in [-0.39, 0.29) is 0 Å². The number of nitrogens with zero attached hydrogens (tertiary/aromatic N) is 4. The quantitative estimate of drug-likeness (QED) is 0.804. The molecule has 1 aromatic rings. The largest absolute Gasteiger partial charge is 0.293 e. The fourth-order valence-electron chi connectivity index (χ4n) is 2.95. The van der Waals surface area contributed by atoms with Crippen molar-refractivity contribution in [2.24, 2.45) is 13.0 Å². The van der Waals surface area contributed by atoms with Gasteiger partial charge in [0.1, 0.15) is 12.2 Å². The van der Waals surface area contributed by atoms with Crippen molar-refractivity contribution in [3.05, 3.63) is 12.2 Å². The summed E-state index contributed by atoms with van der Waals surface area (Å²) in [7, 11) is 1.97. The van der Waals surface area contributed by atoms with Gasteiger partial charge in [-0.3, -0.25) is 9.58 Å². The summed E-state index contributed by atoms with van der Waals surface area (Å²) in [4.78, 5) is 6.90. The molecule has 4 heteroatoms. The lowest BCUT2D eigenvalue weighted by Gasteiger charge is -2.37. The van der Waals surface area contributed by atoms with Gasteiger partial charge in [0.2, 0.25) is 0 Å². The summed E-state index contributed by atoms with van der Waals surface area (Å²) < 4.78 is 1.89. The minimum Gasteiger partial charge on any atom is -0.293 e. The van der Waals surface area contributed by atoms with E-state index in [4.69, 9.17) is 0 Å². The highest BCUT2D eigenvalue weighted by Gasteiger charge is 2.26. The van der Waals surface area contributed by atoms with Crippen molar-refractivity contribution in [3.8, 4) is 0 Å². The number of aromatic nitrogens is 3. The first-order valence-corrected chi connectivity index (χ1v) is 6.79. The lowest BCUT2D eigenvalue weighted by Crippen LogP contribution is -2.41. The predicted octanol–water partition coefficient (Wildman–Crippen LogP) is 2.22. The summed E-state index contributed by atoms with van der Waals surface area (Å²) in [5.41, 5.74) is 0. The van der Waals surface area contributed by atoms with Crippen LogP contribution in [-0.2, 0) is 13.6 Å². The second kappa shape index (κ2) is 5.63. The lowest BCUT2D eigenvalue weighted by molar-refractivity contribution is 0.107. The molecule has 0 spiro atoms. The maximum absolute atomic E-state index is 4.33. The van der Waals surface area contributed by atoms with Crippen LogP contribution < -0.4 is 0 Å². The second-order valence-corrected chi connectivity index (χ2v) is 5.19. The van der Waals surface area contributed by atoms with Crippen molar-refractivity contribution in [1.29, 1.82) is 0 Å². The van der Waals surface area contributed by atoms with E-state index in [1.807, 2.05) is 11.7 Å². The van der Waals surface area contributed by atoms with Gasteiger partial charge in [0.25, 0.3) is 0 Å². The van der Waals surface area contributed by atoms with Crippen LogP contribution in [0.4, 0.5) is 0 Å². The average Bonchev–Trinajstić information content (AvgIpc) is 2.73. The number of rotatable bonds is 4. The van der Waals surface area contributed by atoms with E-state index >= 15 is 0 Å². The zero-order valence-corrected chi connectivity index (χ0v) is 11.3. The molecule has 0 amide bonds. The molecule has 1 fully saturated rings. The van der Waals surface area contributed by atoms with E-state index in [1.165, 1.54) is 25.7 Å². The van der Waals surface area contributed by atoms with Crippen LogP contribution >= 0.6 is 0 Å². The SMILES string of the molecule is CCN(Cc1ncnn1C)[C@H]1CCCC[C@@H]1C. The van der Waals surface area contributed by atoms with Gasteiger partial charge in [0, 0.05) is 13.1 Å². The molecule has 96 valence electrons. The smallest absolute Gasteiger partial charge is 0.140 e. The highest BCUT2D eigenvalue weighted by atomic mass is 15.3. The van der Waals surface area contributed by atoms with Crippen molar-refractivity contribution in [1.82, 2.24) is 19.7 Å². The number of aryl methyl sites for hydroxylation is 1. The Balaban J connectivity index is 2.03. The Kier molecular flexibility index (Phi) is 4.15. The van der Waals surface area contributed by atoms with E-state index in [0.717, 1.165) is 30.9 Å². The molecule has 4 nitrogen and oxygen atoms in total. The van der Waals surface area contributed by atoms with Gasteiger partial charge in [-0.2, -0.15) is 5.10 Å². The molecule has 0 N–H and O–H groups in total. The topological polar surface area (TPSA) is 34.0 Å². The summed E-state index contributed by atoms with van der Waals surface area (Å²) in [6.45, 7) is 6.67. The molecule has 1 aliphatic carbocycles. The Bertz CT molecular complexity index is 347. The molecule has 2 rings (SSSR count). The average molecular weight is 236 g/mol. The van der Waals surface area contributed by atoms with E-state index in [2.05, 4.69) is 28.8 Å². The van der Waals surface area contributed by atoms with Gasteiger partial charge in [-0.15, -0.1) is 0 Å². The molecule has 1 saturated carbocycles. The molecule has 1 aromatic heterocycles. The van der Waals surface area contributed by atoms with Crippen LogP contribution in [-0.4, -0.2) is 32.3 Å². The molecule has 0 radical (unpaired) electrons. The Morgan fingerprint density at radius 1 is 1.41 bits per heavy atom. The van der Waals surface area contributed by atoms with Crippen LogP contribution in [0.3, 0.4) is 0 Å². The van der Waals surface area contributed by atoms with Gasteiger partial charge in [-0.25, -0.2) is 4.98 Å². The summed E-state index contributed by atoms with van der Waals surface area (Å²) in [6, 6.07) is 0.727. The van der Waals surface area contributed by atoms with Crippen molar-refractivity contribution >= 4 is 0 Å². The molecule has 0 unspecified atom stereocenters. The Labute approximate surface area is 104 Å². The van der Waals surface area contributed by atoms with Crippen LogP contribution in [0.25, 0.3) is 0 Å². The minimum absolute atomic E-state index is 0.727. The van der Waals surface area contributed by atoms with Gasteiger partial charge >= 0.3 is 0 Å². The number of hydrogen-bond donors (Lipinski definition) is 0. The fourth-order valence-corrected chi connectivity index (χ4v) is 2.95. The van der Waals surface area contributed by atoms with Gasteiger partial charge < -0.3 is 0 Å². The Morgan fingerprint density at radius 2 is 2.18 bits per heavy atom. The predicted molar refractivity (Wildman–Crippen MR) is 68.5 cm³/mol. The number of hydrogen-bond acceptors (Lipinski definition) is 3. The van der Waals surface area contributed by atoms with E-state index < -0.39 is 0 Å². The van der Waals surface area contributed by atoms with E-state index in [1.54, 1.807) is 6.33 Å². The highest BCUT2D eigenvalue weighted by Crippen LogP contribution is 2.28. The van der Waals surface area contributed by atoms with Crippen molar-refractivity contribution in [2.75, 3.05) is 6.54 Å². The third kappa shape index (κ3) is 2.86. The molecule has 0 bridgehead atoms. The first-order valence-electron chi connectivity index (χ1n) is 6.79. The minimum atomic E-state index is 0.727. The Hall–Kier alpha value is -0.900. The van der Waals surface area contributed by atoms with Gasteiger partial charge in [-0.05, 0) is 25.3 Å². The van der Waals surface area contributed by atoms with Crippen LogP contribution in [0.15, 0.2) is 6.33 Å². The molecule has 0 saturated heterocycles. The third-order valence-corrected chi connectivity index (χ3v) is 4.09. The summed E-state index contributed by atoms with van der Waals surface area (Å²) in [5.74, 6) is 1.89. The van der Waals surface area contributed by atoms with E-state index in [9.17, 15) is 0 Å².